The highest BCUT2D eigenvalue weighted by molar-refractivity contribution is 9.10. The van der Waals surface area contributed by atoms with Crippen molar-refractivity contribution in [2.75, 3.05) is 0 Å². The summed E-state index contributed by atoms with van der Waals surface area (Å²) < 4.78 is 0.932. The molecule has 0 atom stereocenters. The van der Waals surface area contributed by atoms with Gasteiger partial charge in [-0.25, -0.2) is 5.90 Å². The van der Waals surface area contributed by atoms with Crippen molar-refractivity contribution in [1.82, 2.24) is 4.98 Å². The summed E-state index contributed by atoms with van der Waals surface area (Å²) in [5, 5.41) is 0. The van der Waals surface area contributed by atoms with Crippen molar-refractivity contribution in [3.05, 3.63) is 28.5 Å². The van der Waals surface area contributed by atoms with Crippen LogP contribution in [0.4, 0.5) is 0 Å². The molecule has 0 amide bonds. The number of nitrogens with zero attached hydrogens (tertiary/aromatic N) is 1. The number of nitrogens with two attached hydrogens (primary N) is 1. The van der Waals surface area contributed by atoms with E-state index in [1.807, 2.05) is 19.9 Å². The minimum Gasteiger partial charge on any atom is -0.300 e. The molecule has 1 heterocycles. The van der Waals surface area contributed by atoms with Crippen LogP contribution in [0.15, 0.2) is 22.9 Å². The van der Waals surface area contributed by atoms with Gasteiger partial charge in [-0.05, 0) is 27.6 Å². The van der Waals surface area contributed by atoms with Gasteiger partial charge in [0.25, 0.3) is 0 Å². The molecule has 4 heteroatoms. The number of hydrogen-bond donors (Lipinski definition) is 1. The van der Waals surface area contributed by atoms with E-state index in [2.05, 4.69) is 25.8 Å². The Morgan fingerprint density at radius 2 is 2.17 bits per heavy atom. The van der Waals surface area contributed by atoms with E-state index in [1.54, 1.807) is 12.4 Å². The first kappa shape index (κ1) is 11.6. The summed E-state index contributed by atoms with van der Waals surface area (Å²) in [5.74, 6) is 4.87. The maximum absolute atomic E-state index is 4.87. The van der Waals surface area contributed by atoms with Crippen molar-refractivity contribution < 1.29 is 4.84 Å². The minimum atomic E-state index is 0.395. The van der Waals surface area contributed by atoms with Gasteiger partial charge in [-0.2, -0.15) is 0 Å². The highest BCUT2D eigenvalue weighted by Crippen LogP contribution is 2.09. The Bertz CT molecular complexity index is 218. The van der Waals surface area contributed by atoms with E-state index >= 15 is 0 Å². The number of pyridine rings is 1. The van der Waals surface area contributed by atoms with Gasteiger partial charge in [0, 0.05) is 16.9 Å². The van der Waals surface area contributed by atoms with Crippen molar-refractivity contribution in [2.45, 2.75) is 20.5 Å². The molecule has 3 nitrogen and oxygen atoms in total. The van der Waals surface area contributed by atoms with Crippen LogP contribution in [0.1, 0.15) is 19.4 Å². The number of halogens is 1. The Balaban J connectivity index is 0.000000561. The molecule has 0 fully saturated rings. The van der Waals surface area contributed by atoms with Crippen LogP contribution in [0.2, 0.25) is 0 Å². The molecule has 0 aliphatic rings. The van der Waals surface area contributed by atoms with Crippen LogP contribution in [0.5, 0.6) is 0 Å². The Morgan fingerprint density at radius 1 is 1.50 bits per heavy atom. The lowest BCUT2D eigenvalue weighted by Gasteiger charge is -1.96. The first-order chi connectivity index (χ1) is 5.83. The zero-order chi connectivity index (χ0) is 9.40. The number of hydrogen-bond acceptors (Lipinski definition) is 3. The summed E-state index contributed by atoms with van der Waals surface area (Å²) in [6.07, 6.45) is 3.41. The molecule has 0 aliphatic carbocycles. The first-order valence-electron chi connectivity index (χ1n) is 3.74. The molecule has 0 unspecified atom stereocenters. The lowest BCUT2D eigenvalue weighted by Crippen LogP contribution is -1.98. The smallest absolute Gasteiger partial charge is 0.0945 e. The first-order valence-corrected chi connectivity index (χ1v) is 4.53. The lowest BCUT2D eigenvalue weighted by molar-refractivity contribution is 0.124. The van der Waals surface area contributed by atoms with E-state index in [9.17, 15) is 0 Å². The highest BCUT2D eigenvalue weighted by atomic mass is 79.9. The quantitative estimate of drug-likeness (QED) is 0.797. The predicted octanol–water partition coefficient (Wildman–Crippen LogP) is 2.26. The maximum atomic E-state index is 4.87. The second-order valence-electron chi connectivity index (χ2n) is 1.82. The second-order valence-corrected chi connectivity index (χ2v) is 2.74. The van der Waals surface area contributed by atoms with Gasteiger partial charge in [-0.1, -0.05) is 13.8 Å². The normalized spacial score (nSPS) is 8.67. The van der Waals surface area contributed by atoms with Gasteiger partial charge in [-0.3, -0.25) is 9.82 Å². The third-order valence-electron chi connectivity index (χ3n) is 1.01. The third kappa shape index (κ3) is 4.43. The molecule has 1 aromatic heterocycles. The average molecular weight is 233 g/mol. The minimum absolute atomic E-state index is 0.395. The van der Waals surface area contributed by atoms with Crippen LogP contribution < -0.4 is 5.90 Å². The molecular weight excluding hydrogens is 220 g/mol. The molecular formula is C8H13BrN2O. The van der Waals surface area contributed by atoms with Crippen LogP contribution in [-0.4, -0.2) is 4.98 Å². The van der Waals surface area contributed by atoms with E-state index in [-0.39, 0.29) is 0 Å². The largest absolute Gasteiger partial charge is 0.300 e. The fourth-order valence-electron chi connectivity index (χ4n) is 0.631. The van der Waals surface area contributed by atoms with Crippen LogP contribution in [-0.2, 0) is 11.4 Å². The summed E-state index contributed by atoms with van der Waals surface area (Å²) in [7, 11) is 0. The Morgan fingerprint density at radius 3 is 2.67 bits per heavy atom. The van der Waals surface area contributed by atoms with E-state index in [0.717, 1.165) is 10.0 Å². The topological polar surface area (TPSA) is 48.1 Å². The summed E-state index contributed by atoms with van der Waals surface area (Å²) in [4.78, 5) is 8.34. The fraction of sp³-hybridized carbons (Fsp3) is 0.375. The summed E-state index contributed by atoms with van der Waals surface area (Å²) in [6, 6.07) is 1.90. The SMILES string of the molecule is CC.NOCc1cncc(Br)c1. The molecule has 1 rings (SSSR count). The summed E-state index contributed by atoms with van der Waals surface area (Å²) in [5.41, 5.74) is 0.955. The molecule has 0 bridgehead atoms. The highest BCUT2D eigenvalue weighted by Gasteiger charge is 1.91. The molecule has 0 aliphatic heterocycles. The van der Waals surface area contributed by atoms with Crippen molar-refractivity contribution >= 4 is 15.9 Å². The molecule has 12 heavy (non-hydrogen) atoms. The van der Waals surface area contributed by atoms with Crippen molar-refractivity contribution in [3.63, 3.8) is 0 Å². The molecule has 0 saturated heterocycles. The molecule has 0 radical (unpaired) electrons. The van der Waals surface area contributed by atoms with Crippen molar-refractivity contribution in [1.29, 1.82) is 0 Å². The van der Waals surface area contributed by atoms with Crippen LogP contribution in [0.3, 0.4) is 0 Å². The molecule has 2 N–H and O–H groups in total. The van der Waals surface area contributed by atoms with Gasteiger partial charge in [0.15, 0.2) is 0 Å². The van der Waals surface area contributed by atoms with Gasteiger partial charge >= 0.3 is 0 Å². The van der Waals surface area contributed by atoms with Gasteiger partial charge in [0.2, 0.25) is 0 Å². The standard InChI is InChI=1S/C6H7BrN2O.C2H6/c7-6-1-5(4-10-8)2-9-3-6;1-2/h1-3H,4,8H2;1-2H3. The fourth-order valence-corrected chi connectivity index (χ4v) is 1.04. The van der Waals surface area contributed by atoms with Crippen LogP contribution >= 0.6 is 15.9 Å². The average Bonchev–Trinajstić information content (AvgIpc) is 2.09. The summed E-state index contributed by atoms with van der Waals surface area (Å²) in [6.45, 7) is 4.40. The molecule has 0 spiro atoms. The molecule has 0 aromatic carbocycles. The number of rotatable bonds is 2. The van der Waals surface area contributed by atoms with Gasteiger partial charge in [0.05, 0.1) is 6.61 Å². The third-order valence-corrected chi connectivity index (χ3v) is 1.45. The van der Waals surface area contributed by atoms with Gasteiger partial charge < -0.3 is 0 Å². The number of aromatic nitrogens is 1. The van der Waals surface area contributed by atoms with Crippen molar-refractivity contribution in [3.8, 4) is 0 Å². The monoisotopic (exact) mass is 232 g/mol. The van der Waals surface area contributed by atoms with E-state index in [4.69, 9.17) is 5.90 Å². The maximum Gasteiger partial charge on any atom is 0.0945 e. The second kappa shape index (κ2) is 7.21. The summed E-state index contributed by atoms with van der Waals surface area (Å²) >= 11 is 3.27. The predicted molar refractivity (Wildman–Crippen MR) is 52.3 cm³/mol. The molecule has 68 valence electrons. The van der Waals surface area contributed by atoms with E-state index in [0.29, 0.717) is 6.61 Å². The Hall–Kier alpha value is -0.450. The molecule has 1 aromatic rings. The van der Waals surface area contributed by atoms with E-state index < -0.39 is 0 Å². The van der Waals surface area contributed by atoms with Crippen molar-refractivity contribution in [2.24, 2.45) is 5.90 Å². The lowest BCUT2D eigenvalue weighted by atomic mass is 10.3. The van der Waals surface area contributed by atoms with Crippen LogP contribution in [0, 0.1) is 0 Å². The van der Waals surface area contributed by atoms with E-state index in [1.165, 1.54) is 0 Å². The molecule has 0 saturated carbocycles. The zero-order valence-corrected chi connectivity index (χ0v) is 8.84. The van der Waals surface area contributed by atoms with Crippen LogP contribution in [0.25, 0.3) is 0 Å². The van der Waals surface area contributed by atoms with Gasteiger partial charge in [-0.15, -0.1) is 0 Å². The Labute approximate surface area is 81.0 Å². The van der Waals surface area contributed by atoms with Gasteiger partial charge in [0.1, 0.15) is 0 Å². The Kier molecular flexibility index (Phi) is 6.94. The zero-order valence-electron chi connectivity index (χ0n) is 7.25.